The van der Waals surface area contributed by atoms with Crippen LogP contribution in [0.1, 0.15) is 18.0 Å². The summed E-state index contributed by atoms with van der Waals surface area (Å²) in [5, 5.41) is 28.5. The van der Waals surface area contributed by atoms with E-state index in [9.17, 15) is 8.78 Å². The van der Waals surface area contributed by atoms with Gasteiger partial charge >= 0.3 is 0 Å². The molecule has 0 saturated carbocycles. The summed E-state index contributed by atoms with van der Waals surface area (Å²) in [6.07, 6.45) is 7.21. The van der Waals surface area contributed by atoms with E-state index >= 15 is 0 Å². The maximum atomic E-state index is 11.9. The molecule has 0 bridgehead atoms. The number of pyridine rings is 3. The van der Waals surface area contributed by atoms with E-state index in [4.69, 9.17) is 47.3 Å². The third kappa shape index (κ3) is 20.9. The van der Waals surface area contributed by atoms with Gasteiger partial charge in [0.2, 0.25) is 11.9 Å². The van der Waals surface area contributed by atoms with Crippen molar-refractivity contribution in [2.24, 2.45) is 0 Å². The van der Waals surface area contributed by atoms with Gasteiger partial charge in [0.05, 0.1) is 91.7 Å². The second-order valence-electron chi connectivity index (χ2n) is 31.1. The summed E-state index contributed by atoms with van der Waals surface area (Å²) in [6.45, 7) is 0. The predicted molar refractivity (Wildman–Crippen MR) is 551 cm³/mol. The van der Waals surface area contributed by atoms with Crippen LogP contribution in [0.25, 0.3) is 151 Å². The van der Waals surface area contributed by atoms with E-state index in [0.717, 1.165) is 96.0 Å². The minimum Gasteiger partial charge on any atom is -0.309 e. The van der Waals surface area contributed by atoms with Crippen LogP contribution in [0.5, 0.6) is 0 Å². The van der Waals surface area contributed by atoms with Crippen LogP contribution in [-0.4, -0.2) is 62.4 Å². The van der Waals surface area contributed by atoms with Crippen LogP contribution in [0.3, 0.4) is 0 Å². The number of nitrogens with zero attached hydrogens (tertiary/aromatic N) is 13. The Kier molecular flexibility index (Phi) is 26.1. The first-order chi connectivity index (χ1) is 69.3. The Morgan fingerprint density at radius 2 is 0.515 bits per heavy atom. The quantitative estimate of drug-likeness (QED) is 0.0849. The van der Waals surface area contributed by atoms with Crippen molar-refractivity contribution in [3.8, 4) is 97.5 Å². The number of fused-ring (bicyclic) bond motifs is 9. The molecule has 0 saturated heterocycles. The number of rotatable bonds is 12. The Balaban J connectivity index is 0.000000114. The summed E-state index contributed by atoms with van der Waals surface area (Å²) in [5.74, 6) is 1.54. The zero-order valence-corrected chi connectivity index (χ0v) is 74.4. The zero-order chi connectivity index (χ0) is 96.8. The molecule has 0 aliphatic rings. The first-order valence-electron chi connectivity index (χ1n) is 46.4. The summed E-state index contributed by atoms with van der Waals surface area (Å²) in [7, 11) is -1.31. The van der Waals surface area contributed by atoms with Crippen molar-refractivity contribution in [2.75, 3.05) is 0 Å². The highest BCUT2D eigenvalue weighted by Gasteiger charge is 2.22. The number of halogens is 2. The number of benzene rings is 16. The SMILES string of the molecule is Fc1cccc(F)c1.N#Cc1cccc(C#N)c1.[2H]c1cc([2H])c([2H])c([2H])c1[2H].c1ccc(-c2cc(-c3ccccc3)nc(-n3c4ccccc4c4ccccc43)n2)cc1.c1ccc(-c2nc(-c3ccccc3)nc(-n3c4ccccc4c4ccccc43)n2)cc1.c1ccc([SiH](c2ccccc2)c2ccccc2)cc1.c1ccc2c(c1)c1ccccc1n2-c1cc(-c2ccncc2)nc(-c2ccncc2)c1. The fraction of sp³-hybridized carbons (Fsp3) is 0. The van der Waals surface area contributed by atoms with Gasteiger partial charge in [-0.05, 0) is 109 Å². The lowest BCUT2D eigenvalue weighted by Crippen LogP contribution is -2.51. The standard InChI is InChI=1S/C28H19N3.2C27H18N4.C18H16Si.C8H4N2.C6H4F2.C6H6/c1-3-11-20(12-4-1)24-19-25(21-13-5-2-6-14-21)30-28(29-24)31-26-17-9-7-15-22(26)23-16-8-10-18-27(23)31;1-3-7-26-22(5-1)23-6-2-4-8-27(23)31(26)21-17-24(19-9-13-28-14-10-19)30-25(18-21)20-11-15-29-16-12-20;1-3-11-19(12-4-1)25-28-26(20-13-5-2-6-14-20)30-27(29-25)31-23-17-9-7-15-21(23)22-16-8-10-18-24(22)31;1-4-10-16(11-5-1)19(17-12-6-2-7-13-17)18-14-8-3-9-15-18;9-5-7-2-1-3-8(4-7)6-10;7-5-2-1-3-6(8)4-5;1-2-4-6-5-3-1/h1-19H;2*1-18H;1-15,19H;1-4H;1-4H;1-6H/i;;;;;;1D,2D,3D,4D,5D. The molecule has 0 fully saturated rings. The minimum absolute atomic E-state index is 0.170. The van der Waals surface area contributed by atoms with Crippen LogP contribution in [0.4, 0.5) is 8.78 Å². The van der Waals surface area contributed by atoms with Crippen LogP contribution in [-0.2, 0) is 0 Å². The van der Waals surface area contributed by atoms with Crippen molar-refractivity contribution >= 4 is 89.8 Å². The van der Waals surface area contributed by atoms with Gasteiger partial charge in [-0.2, -0.15) is 20.5 Å². The lowest BCUT2D eigenvalue weighted by atomic mass is 10.1. The molecule has 24 aromatic rings. The lowest BCUT2D eigenvalue weighted by molar-refractivity contribution is 0.583. The molecule has 13 nitrogen and oxygen atoms in total. The van der Waals surface area contributed by atoms with Gasteiger partial charge in [-0.15, -0.1) is 0 Å². The van der Waals surface area contributed by atoms with Gasteiger partial charge in [-0.1, -0.05) is 385 Å². The monoisotopic (exact) mass is 1780 g/mol. The first-order valence-corrected chi connectivity index (χ1v) is 45.7. The Labute approximate surface area is 794 Å². The fourth-order valence-corrected chi connectivity index (χ4v) is 19.2. The molecule has 8 heterocycles. The summed E-state index contributed by atoms with van der Waals surface area (Å²) >= 11 is 0. The number of hydrogen-bond acceptors (Lipinski definition) is 10. The molecular formula is C120H85F2N13Si. The highest BCUT2D eigenvalue weighted by atomic mass is 28.3. The molecule has 0 spiro atoms. The smallest absolute Gasteiger partial charge is 0.238 e. The van der Waals surface area contributed by atoms with Crippen LogP contribution in [0.2, 0.25) is 0 Å². The maximum Gasteiger partial charge on any atom is 0.238 e. The second kappa shape index (κ2) is 43.3. The predicted octanol–water partition coefficient (Wildman–Crippen LogP) is 26.5. The molecule has 8 aromatic heterocycles. The molecule has 16 heteroatoms. The van der Waals surface area contributed by atoms with Crippen molar-refractivity contribution < 1.29 is 15.6 Å². The van der Waals surface area contributed by atoms with Gasteiger partial charge in [-0.3, -0.25) is 19.1 Å². The van der Waals surface area contributed by atoms with Crippen molar-refractivity contribution in [1.82, 2.24) is 53.6 Å². The topological polar surface area (TPSA) is 165 Å². The Bertz CT molecular complexity index is 7490. The fourth-order valence-electron chi connectivity index (χ4n) is 16.3. The van der Waals surface area contributed by atoms with Crippen molar-refractivity contribution in [2.45, 2.75) is 0 Å². The molecule has 0 unspecified atom stereocenters. The highest BCUT2D eigenvalue weighted by Crippen LogP contribution is 2.38. The molecule has 0 radical (unpaired) electrons. The van der Waals surface area contributed by atoms with Crippen LogP contribution < -0.4 is 15.6 Å². The van der Waals surface area contributed by atoms with E-state index in [-0.39, 0.29) is 30.2 Å². The number of para-hydroxylation sites is 6. The van der Waals surface area contributed by atoms with Crippen LogP contribution in [0.15, 0.2) is 510 Å². The Hall–Kier alpha value is -18.5. The second-order valence-corrected chi connectivity index (χ2v) is 33.9. The zero-order valence-electron chi connectivity index (χ0n) is 78.3. The van der Waals surface area contributed by atoms with Crippen molar-refractivity contribution in [3.05, 3.63) is 533 Å². The lowest BCUT2D eigenvalue weighted by Gasteiger charge is -2.16. The Morgan fingerprint density at radius 3 is 0.846 bits per heavy atom. The van der Waals surface area contributed by atoms with E-state index in [1.54, 1.807) is 49.1 Å². The summed E-state index contributed by atoms with van der Waals surface area (Å²) in [6, 6.07) is 153. The van der Waals surface area contributed by atoms with Crippen LogP contribution in [0, 0.1) is 34.3 Å². The summed E-state index contributed by atoms with van der Waals surface area (Å²) in [5.41, 5.74) is 18.6. The van der Waals surface area contributed by atoms with E-state index in [1.807, 2.05) is 133 Å². The summed E-state index contributed by atoms with van der Waals surface area (Å²) in [4.78, 5) is 38.0. The average Bonchev–Trinajstić information content (AvgIpc) is 1.60. The van der Waals surface area contributed by atoms with Crippen molar-refractivity contribution in [1.29, 1.82) is 10.5 Å². The van der Waals surface area contributed by atoms with Gasteiger partial charge in [0.1, 0.15) is 20.4 Å². The van der Waals surface area contributed by atoms with Gasteiger partial charge in [0.25, 0.3) is 0 Å². The van der Waals surface area contributed by atoms with E-state index < -0.39 is 20.4 Å². The van der Waals surface area contributed by atoms with E-state index in [1.165, 1.54) is 77.1 Å². The molecule has 136 heavy (non-hydrogen) atoms. The molecule has 648 valence electrons. The van der Waals surface area contributed by atoms with E-state index in [2.05, 4.69) is 303 Å². The summed E-state index contributed by atoms with van der Waals surface area (Å²) < 4.78 is 66.0. The average molecular weight is 1780 g/mol. The minimum atomic E-state index is -1.31. The molecule has 0 N–H and O–H groups in total. The molecule has 0 atom stereocenters. The molecule has 0 aliphatic carbocycles. The maximum absolute atomic E-state index is 11.9. The Morgan fingerprint density at radius 1 is 0.235 bits per heavy atom. The van der Waals surface area contributed by atoms with Gasteiger partial charge in [0, 0.05) is 96.6 Å². The van der Waals surface area contributed by atoms with E-state index in [0.29, 0.717) is 34.7 Å². The largest absolute Gasteiger partial charge is 0.309 e. The number of aromatic nitrogens is 11. The third-order valence-electron chi connectivity index (χ3n) is 22.4. The first kappa shape index (κ1) is 82.0. The number of hydrogen-bond donors (Lipinski definition) is 0. The van der Waals surface area contributed by atoms with Gasteiger partial charge < -0.3 is 4.57 Å². The van der Waals surface area contributed by atoms with Gasteiger partial charge in [0.15, 0.2) is 11.6 Å². The molecular weight excluding hydrogens is 1690 g/mol. The molecule has 16 aromatic carbocycles. The third-order valence-corrected chi connectivity index (χ3v) is 25.6. The number of nitriles is 2. The molecule has 0 amide bonds. The normalized spacial score (nSPS) is 11.1. The van der Waals surface area contributed by atoms with Crippen molar-refractivity contribution in [3.63, 3.8) is 0 Å². The molecule has 24 rings (SSSR count). The molecule has 0 aliphatic heterocycles. The van der Waals surface area contributed by atoms with Gasteiger partial charge in [-0.25, -0.2) is 28.7 Å². The van der Waals surface area contributed by atoms with Crippen LogP contribution >= 0.6 is 0 Å². The highest BCUT2D eigenvalue weighted by molar-refractivity contribution is 6.95.